The third kappa shape index (κ3) is 4.48. The molecule has 1 amide bonds. The molecule has 146 valence electrons. The second-order valence-corrected chi connectivity index (χ2v) is 7.64. The van der Waals surface area contributed by atoms with Gasteiger partial charge in [0.2, 0.25) is 5.91 Å². The molecule has 0 unspecified atom stereocenters. The van der Waals surface area contributed by atoms with Gasteiger partial charge in [0.05, 0.1) is 29.1 Å². The van der Waals surface area contributed by atoms with Crippen LogP contribution >= 0.6 is 23.4 Å². The Balaban J connectivity index is 1.79. The van der Waals surface area contributed by atoms with Crippen LogP contribution < -0.4 is 10.1 Å². The third-order valence-corrected chi connectivity index (χ3v) is 5.28. The lowest BCUT2D eigenvalue weighted by atomic mass is 10.2. The van der Waals surface area contributed by atoms with Crippen molar-refractivity contribution in [2.75, 3.05) is 18.2 Å². The number of hydrogen-bond acceptors (Lipinski definition) is 5. The van der Waals surface area contributed by atoms with Gasteiger partial charge in [0.25, 0.3) is 0 Å². The number of hydrogen-bond donors (Lipinski definition) is 1. The van der Waals surface area contributed by atoms with Crippen molar-refractivity contribution in [3.05, 3.63) is 53.6 Å². The number of aromatic nitrogens is 3. The van der Waals surface area contributed by atoms with Crippen molar-refractivity contribution in [2.45, 2.75) is 25.0 Å². The molecule has 0 saturated heterocycles. The Bertz CT molecular complexity index is 974. The van der Waals surface area contributed by atoms with Crippen molar-refractivity contribution >= 4 is 35.0 Å². The van der Waals surface area contributed by atoms with E-state index in [2.05, 4.69) is 29.4 Å². The third-order valence-electron chi connectivity index (χ3n) is 4.01. The molecule has 6 nitrogen and oxygen atoms in total. The fourth-order valence-electron chi connectivity index (χ4n) is 2.73. The van der Waals surface area contributed by atoms with Crippen molar-refractivity contribution in [1.29, 1.82) is 0 Å². The van der Waals surface area contributed by atoms with Crippen LogP contribution in [0.3, 0.4) is 0 Å². The number of carbonyl (C=O) groups is 1. The monoisotopic (exact) mass is 416 g/mol. The smallest absolute Gasteiger partial charge is 0.234 e. The minimum atomic E-state index is -0.157. The highest BCUT2D eigenvalue weighted by Crippen LogP contribution is 2.33. The largest absolute Gasteiger partial charge is 0.496 e. The van der Waals surface area contributed by atoms with Gasteiger partial charge >= 0.3 is 0 Å². The van der Waals surface area contributed by atoms with Gasteiger partial charge in [0.15, 0.2) is 11.0 Å². The lowest BCUT2D eigenvalue weighted by Gasteiger charge is -2.15. The second-order valence-electron chi connectivity index (χ2n) is 6.29. The normalized spacial score (nSPS) is 10.9. The van der Waals surface area contributed by atoms with Gasteiger partial charge in [-0.15, -0.1) is 10.2 Å². The minimum absolute atomic E-state index is 0.115. The number of nitrogens with zero attached hydrogens (tertiary/aromatic N) is 3. The lowest BCUT2D eigenvalue weighted by molar-refractivity contribution is -0.113. The summed E-state index contributed by atoms with van der Waals surface area (Å²) in [6.07, 6.45) is 0. The molecule has 0 aliphatic carbocycles. The number of methoxy groups -OCH3 is 1. The van der Waals surface area contributed by atoms with Gasteiger partial charge in [-0.25, -0.2) is 0 Å². The van der Waals surface area contributed by atoms with Crippen molar-refractivity contribution < 1.29 is 9.53 Å². The van der Waals surface area contributed by atoms with E-state index in [1.807, 2.05) is 41.0 Å². The number of thioether (sulfide) groups is 1. The van der Waals surface area contributed by atoms with Crippen LogP contribution in [0.2, 0.25) is 5.02 Å². The predicted octanol–water partition coefficient (Wildman–Crippen LogP) is 4.92. The maximum absolute atomic E-state index is 12.3. The summed E-state index contributed by atoms with van der Waals surface area (Å²) in [6.45, 7) is 4.10. The van der Waals surface area contributed by atoms with E-state index in [0.29, 0.717) is 21.7 Å². The van der Waals surface area contributed by atoms with Gasteiger partial charge in [-0.2, -0.15) is 0 Å². The zero-order chi connectivity index (χ0) is 20.1. The summed E-state index contributed by atoms with van der Waals surface area (Å²) < 4.78 is 7.46. The molecule has 0 fully saturated rings. The molecular formula is C20H21ClN4O2S. The topological polar surface area (TPSA) is 69.0 Å². The predicted molar refractivity (Wildman–Crippen MR) is 113 cm³/mol. The molecule has 1 heterocycles. The first-order chi connectivity index (χ1) is 13.5. The Labute approximate surface area is 173 Å². The van der Waals surface area contributed by atoms with Gasteiger partial charge in [-0.1, -0.05) is 47.6 Å². The first-order valence-electron chi connectivity index (χ1n) is 8.76. The maximum Gasteiger partial charge on any atom is 0.234 e. The van der Waals surface area contributed by atoms with E-state index < -0.39 is 0 Å². The molecule has 3 rings (SSSR count). The summed E-state index contributed by atoms with van der Waals surface area (Å²) in [6, 6.07) is 14.9. The summed E-state index contributed by atoms with van der Waals surface area (Å²) in [5, 5.41) is 12.6. The molecule has 0 atom stereocenters. The maximum atomic E-state index is 12.3. The summed E-state index contributed by atoms with van der Waals surface area (Å²) in [7, 11) is 1.63. The number of rotatable bonds is 7. The number of nitrogens with one attached hydrogen (secondary N) is 1. The number of amides is 1. The standard InChI is InChI=1S/C20H21ClN4O2S/c1-13(2)25-19(14-8-4-7-11-17(14)27-3)23-24-20(25)28-12-18(26)22-16-10-6-5-9-15(16)21/h4-11,13H,12H2,1-3H3,(H,22,26). The average Bonchev–Trinajstić information content (AvgIpc) is 3.12. The van der Waals surface area contributed by atoms with Gasteiger partial charge < -0.3 is 10.1 Å². The molecule has 0 bridgehead atoms. The van der Waals surface area contributed by atoms with E-state index in [1.165, 1.54) is 11.8 Å². The highest BCUT2D eigenvalue weighted by atomic mass is 35.5. The Morgan fingerprint density at radius 2 is 1.89 bits per heavy atom. The highest BCUT2D eigenvalue weighted by molar-refractivity contribution is 7.99. The molecule has 0 aliphatic rings. The zero-order valence-electron chi connectivity index (χ0n) is 15.8. The van der Waals surface area contributed by atoms with Crippen molar-refractivity contribution in [2.24, 2.45) is 0 Å². The fraction of sp³-hybridized carbons (Fsp3) is 0.250. The van der Waals surface area contributed by atoms with Crippen molar-refractivity contribution in [3.8, 4) is 17.1 Å². The molecule has 1 aromatic heterocycles. The minimum Gasteiger partial charge on any atom is -0.496 e. The fourth-order valence-corrected chi connectivity index (χ4v) is 3.78. The molecule has 8 heteroatoms. The number of para-hydroxylation sites is 2. The molecule has 3 aromatic rings. The van der Waals surface area contributed by atoms with E-state index in [9.17, 15) is 4.79 Å². The lowest BCUT2D eigenvalue weighted by Crippen LogP contribution is -2.15. The number of halogens is 1. The zero-order valence-corrected chi connectivity index (χ0v) is 17.4. The molecule has 0 spiro atoms. The average molecular weight is 417 g/mol. The quantitative estimate of drug-likeness (QED) is 0.553. The van der Waals surface area contributed by atoms with Crippen LogP contribution in [0.25, 0.3) is 11.4 Å². The van der Waals surface area contributed by atoms with Crippen LogP contribution in [0.5, 0.6) is 5.75 Å². The molecule has 0 saturated carbocycles. The van der Waals surface area contributed by atoms with E-state index in [0.717, 1.165) is 11.3 Å². The van der Waals surface area contributed by atoms with Crippen molar-refractivity contribution in [1.82, 2.24) is 14.8 Å². The molecular weight excluding hydrogens is 396 g/mol. The van der Waals surface area contributed by atoms with Crippen LogP contribution in [0.15, 0.2) is 53.7 Å². The summed E-state index contributed by atoms with van der Waals surface area (Å²) in [5.41, 5.74) is 1.45. The van der Waals surface area contributed by atoms with Crippen LogP contribution in [0.1, 0.15) is 19.9 Å². The SMILES string of the molecule is COc1ccccc1-c1nnc(SCC(=O)Nc2ccccc2Cl)n1C(C)C. The number of anilines is 1. The molecule has 28 heavy (non-hydrogen) atoms. The van der Waals surface area contributed by atoms with Gasteiger partial charge in [-0.3, -0.25) is 9.36 Å². The number of benzene rings is 2. The van der Waals surface area contributed by atoms with Crippen LogP contribution in [0, 0.1) is 0 Å². The van der Waals surface area contributed by atoms with Crippen LogP contribution in [-0.4, -0.2) is 33.5 Å². The van der Waals surface area contributed by atoms with Crippen LogP contribution in [-0.2, 0) is 4.79 Å². The summed E-state index contributed by atoms with van der Waals surface area (Å²) >= 11 is 7.42. The molecule has 0 aliphatic heterocycles. The Morgan fingerprint density at radius 3 is 2.61 bits per heavy atom. The van der Waals surface area contributed by atoms with E-state index in [1.54, 1.807) is 19.2 Å². The number of ether oxygens (including phenoxy) is 1. The van der Waals surface area contributed by atoms with E-state index >= 15 is 0 Å². The number of carbonyl (C=O) groups excluding carboxylic acids is 1. The van der Waals surface area contributed by atoms with E-state index in [4.69, 9.17) is 16.3 Å². The molecule has 0 radical (unpaired) electrons. The summed E-state index contributed by atoms with van der Waals surface area (Å²) in [5.74, 6) is 1.48. The highest BCUT2D eigenvalue weighted by Gasteiger charge is 2.20. The molecule has 1 N–H and O–H groups in total. The Kier molecular flexibility index (Phi) is 6.59. The first-order valence-corrected chi connectivity index (χ1v) is 10.1. The Morgan fingerprint density at radius 1 is 1.18 bits per heavy atom. The van der Waals surface area contributed by atoms with Gasteiger partial charge in [0.1, 0.15) is 5.75 Å². The van der Waals surface area contributed by atoms with Gasteiger partial charge in [0, 0.05) is 6.04 Å². The molecule has 2 aromatic carbocycles. The van der Waals surface area contributed by atoms with Crippen molar-refractivity contribution in [3.63, 3.8) is 0 Å². The Hall–Kier alpha value is -2.51. The van der Waals surface area contributed by atoms with E-state index in [-0.39, 0.29) is 17.7 Å². The summed E-state index contributed by atoms with van der Waals surface area (Å²) in [4.78, 5) is 12.3. The van der Waals surface area contributed by atoms with Gasteiger partial charge in [-0.05, 0) is 38.1 Å². The second kappa shape index (κ2) is 9.12. The van der Waals surface area contributed by atoms with Crippen LogP contribution in [0.4, 0.5) is 5.69 Å². The first kappa shape index (κ1) is 20.2.